The molecule has 5 heteroatoms. The first-order valence-electron chi connectivity index (χ1n) is 4.64. The summed E-state index contributed by atoms with van der Waals surface area (Å²) >= 11 is 4.89. The Hall–Kier alpha value is -0.910. The van der Waals surface area contributed by atoms with Crippen molar-refractivity contribution in [1.29, 1.82) is 0 Å². The Bertz CT molecular complexity index is 479. The normalized spacial score (nSPS) is 10.4. The molecule has 0 radical (unpaired) electrons. The number of aliphatic hydroxyl groups excluding tert-OH is 1. The summed E-state index contributed by atoms with van der Waals surface area (Å²) in [5.41, 5.74) is 0.873. The molecule has 82 valence electrons. The number of aliphatic hydroxyl groups is 1. The van der Waals surface area contributed by atoms with Crippen LogP contribution in [0, 0.1) is 0 Å². The van der Waals surface area contributed by atoms with Gasteiger partial charge in [-0.25, -0.2) is 9.97 Å². The van der Waals surface area contributed by atoms with Crippen molar-refractivity contribution in [3.63, 3.8) is 0 Å². The van der Waals surface area contributed by atoms with Crippen LogP contribution >= 0.6 is 27.7 Å². The van der Waals surface area contributed by atoms with Gasteiger partial charge in [-0.15, -0.1) is 0 Å². The summed E-state index contributed by atoms with van der Waals surface area (Å²) in [7, 11) is 0. The first kappa shape index (κ1) is 11.6. The third-order valence-corrected chi connectivity index (χ3v) is 3.57. The Morgan fingerprint density at radius 1 is 1.25 bits per heavy atom. The number of aromatic nitrogens is 2. The Morgan fingerprint density at radius 3 is 2.62 bits per heavy atom. The lowest BCUT2D eigenvalue weighted by atomic mass is 10.2. The van der Waals surface area contributed by atoms with Crippen LogP contribution < -0.4 is 0 Å². The molecule has 0 aliphatic rings. The summed E-state index contributed by atoms with van der Waals surface area (Å²) in [5.74, 6) is 0. The molecule has 1 N–H and O–H groups in total. The first-order chi connectivity index (χ1) is 7.79. The Kier molecular flexibility index (Phi) is 3.93. The third-order valence-electron chi connectivity index (χ3n) is 1.95. The average Bonchev–Trinajstić information content (AvgIpc) is 2.31. The minimum Gasteiger partial charge on any atom is -0.392 e. The van der Waals surface area contributed by atoms with Gasteiger partial charge in [0.15, 0.2) is 5.16 Å². The van der Waals surface area contributed by atoms with Crippen LogP contribution in [0.25, 0.3) is 0 Å². The van der Waals surface area contributed by atoms with E-state index in [1.807, 2.05) is 18.2 Å². The molecule has 1 heterocycles. The summed E-state index contributed by atoms with van der Waals surface area (Å²) in [5, 5.41) is 9.75. The fraction of sp³-hybridized carbons (Fsp3) is 0.0909. The lowest BCUT2D eigenvalue weighted by molar-refractivity contribution is 0.281. The fourth-order valence-corrected chi connectivity index (χ4v) is 2.57. The molecule has 0 saturated carbocycles. The maximum atomic E-state index is 9.04. The highest BCUT2D eigenvalue weighted by molar-refractivity contribution is 9.10. The van der Waals surface area contributed by atoms with Crippen molar-refractivity contribution in [3.8, 4) is 0 Å². The Labute approximate surface area is 106 Å². The van der Waals surface area contributed by atoms with Crippen molar-refractivity contribution in [3.05, 3.63) is 46.7 Å². The molecule has 1 aromatic heterocycles. The van der Waals surface area contributed by atoms with Crippen LogP contribution in [0.3, 0.4) is 0 Å². The monoisotopic (exact) mass is 296 g/mol. The number of halogens is 1. The SMILES string of the molecule is OCc1ccc(Sc2ncccn2)cc1Br. The van der Waals surface area contributed by atoms with Gasteiger partial charge in [-0.3, -0.25) is 0 Å². The topological polar surface area (TPSA) is 46.0 Å². The average molecular weight is 297 g/mol. The van der Waals surface area contributed by atoms with Crippen molar-refractivity contribution in [2.75, 3.05) is 0 Å². The molecule has 0 aliphatic carbocycles. The van der Waals surface area contributed by atoms with Crippen LogP contribution in [0.1, 0.15) is 5.56 Å². The maximum Gasteiger partial charge on any atom is 0.192 e. The minimum atomic E-state index is 0.0351. The second kappa shape index (κ2) is 5.43. The van der Waals surface area contributed by atoms with E-state index in [0.717, 1.165) is 14.9 Å². The van der Waals surface area contributed by atoms with Gasteiger partial charge < -0.3 is 5.11 Å². The molecular formula is C11H9BrN2OS. The van der Waals surface area contributed by atoms with Gasteiger partial charge >= 0.3 is 0 Å². The summed E-state index contributed by atoms with van der Waals surface area (Å²) in [6.07, 6.45) is 3.43. The Balaban J connectivity index is 2.20. The molecule has 0 fully saturated rings. The largest absolute Gasteiger partial charge is 0.392 e. The van der Waals surface area contributed by atoms with Crippen LogP contribution in [0.15, 0.2) is 51.2 Å². The van der Waals surface area contributed by atoms with Gasteiger partial charge in [0.05, 0.1) is 6.61 Å². The highest BCUT2D eigenvalue weighted by atomic mass is 79.9. The summed E-state index contributed by atoms with van der Waals surface area (Å²) in [4.78, 5) is 9.30. The van der Waals surface area contributed by atoms with Gasteiger partial charge in [-0.05, 0) is 35.5 Å². The quantitative estimate of drug-likeness (QED) is 0.885. The fourth-order valence-electron chi connectivity index (χ4n) is 1.16. The van der Waals surface area contributed by atoms with Crippen LogP contribution in [-0.2, 0) is 6.61 Å². The van der Waals surface area contributed by atoms with Crippen molar-refractivity contribution in [2.24, 2.45) is 0 Å². The Morgan fingerprint density at radius 2 is 2.00 bits per heavy atom. The van der Waals surface area contributed by atoms with E-state index in [-0.39, 0.29) is 6.61 Å². The lowest BCUT2D eigenvalue weighted by Gasteiger charge is -2.03. The zero-order valence-corrected chi connectivity index (χ0v) is 10.7. The highest BCUT2D eigenvalue weighted by Crippen LogP contribution is 2.28. The number of benzene rings is 1. The predicted octanol–water partition coefficient (Wildman–Crippen LogP) is 2.88. The van der Waals surface area contributed by atoms with E-state index in [9.17, 15) is 0 Å². The second-order valence-corrected chi connectivity index (χ2v) is 4.94. The minimum absolute atomic E-state index is 0.0351. The van der Waals surface area contributed by atoms with Crippen LogP contribution in [0.4, 0.5) is 0 Å². The van der Waals surface area contributed by atoms with Gasteiger partial charge in [-0.1, -0.05) is 22.0 Å². The van der Waals surface area contributed by atoms with Crippen LogP contribution in [0.5, 0.6) is 0 Å². The van der Waals surface area contributed by atoms with E-state index in [1.165, 1.54) is 11.8 Å². The summed E-state index contributed by atoms with van der Waals surface area (Å²) < 4.78 is 0.899. The van der Waals surface area contributed by atoms with Crippen molar-refractivity contribution >= 4 is 27.7 Å². The molecule has 0 saturated heterocycles. The van der Waals surface area contributed by atoms with Crippen molar-refractivity contribution < 1.29 is 5.11 Å². The van der Waals surface area contributed by atoms with Gasteiger partial charge in [0.25, 0.3) is 0 Å². The molecule has 0 atom stereocenters. The van der Waals surface area contributed by atoms with Gasteiger partial charge in [0.1, 0.15) is 0 Å². The van der Waals surface area contributed by atoms with E-state index >= 15 is 0 Å². The van der Waals surface area contributed by atoms with Crippen LogP contribution in [0.2, 0.25) is 0 Å². The molecule has 2 rings (SSSR count). The molecule has 0 bridgehead atoms. The third kappa shape index (κ3) is 2.81. The van der Waals surface area contributed by atoms with Gasteiger partial charge in [-0.2, -0.15) is 0 Å². The standard InChI is InChI=1S/C11H9BrN2OS/c12-10-6-9(3-2-8(10)7-15)16-11-13-4-1-5-14-11/h1-6,15H,7H2. The highest BCUT2D eigenvalue weighted by Gasteiger charge is 2.03. The molecule has 0 unspecified atom stereocenters. The molecule has 1 aromatic carbocycles. The zero-order valence-electron chi connectivity index (χ0n) is 8.30. The second-order valence-electron chi connectivity index (χ2n) is 3.04. The number of nitrogens with zero attached hydrogens (tertiary/aromatic N) is 2. The summed E-state index contributed by atoms with van der Waals surface area (Å²) in [6.45, 7) is 0.0351. The molecule has 0 amide bonds. The van der Waals surface area contributed by atoms with Crippen molar-refractivity contribution in [2.45, 2.75) is 16.7 Å². The lowest BCUT2D eigenvalue weighted by Crippen LogP contribution is -1.87. The number of hydrogen-bond donors (Lipinski definition) is 1. The van der Waals surface area contributed by atoms with Crippen molar-refractivity contribution in [1.82, 2.24) is 9.97 Å². The van der Waals surface area contributed by atoms with Crippen LogP contribution in [-0.4, -0.2) is 15.1 Å². The van der Waals surface area contributed by atoms with E-state index < -0.39 is 0 Å². The predicted molar refractivity (Wildman–Crippen MR) is 66.2 cm³/mol. The van der Waals surface area contributed by atoms with E-state index in [4.69, 9.17) is 5.11 Å². The van der Waals surface area contributed by atoms with E-state index in [0.29, 0.717) is 5.16 Å². The molecule has 3 nitrogen and oxygen atoms in total. The zero-order chi connectivity index (χ0) is 11.4. The molecule has 16 heavy (non-hydrogen) atoms. The summed E-state index contributed by atoms with van der Waals surface area (Å²) in [6, 6.07) is 7.56. The van der Waals surface area contributed by atoms with Gasteiger partial charge in [0.2, 0.25) is 0 Å². The van der Waals surface area contributed by atoms with E-state index in [1.54, 1.807) is 18.5 Å². The first-order valence-corrected chi connectivity index (χ1v) is 6.24. The molecule has 2 aromatic rings. The molecule has 0 spiro atoms. The van der Waals surface area contributed by atoms with Gasteiger partial charge in [0, 0.05) is 21.8 Å². The maximum absolute atomic E-state index is 9.04. The molecular weight excluding hydrogens is 288 g/mol. The molecule has 0 aliphatic heterocycles. The smallest absolute Gasteiger partial charge is 0.192 e. The van der Waals surface area contributed by atoms with E-state index in [2.05, 4.69) is 25.9 Å². The number of rotatable bonds is 3. The number of hydrogen-bond acceptors (Lipinski definition) is 4.